The van der Waals surface area contributed by atoms with Crippen LogP contribution < -0.4 is 16.0 Å². The molecule has 3 N–H and O–H groups in total. The molecule has 0 spiro atoms. The van der Waals surface area contributed by atoms with E-state index in [0.29, 0.717) is 24.6 Å². The molecule has 214 valence electrons. The molecule has 1 aromatic heterocycles. The van der Waals surface area contributed by atoms with Crippen molar-refractivity contribution in [2.45, 2.75) is 66.2 Å². The number of carbonyl (C=O) groups excluding carboxylic acids is 2. The van der Waals surface area contributed by atoms with E-state index >= 15 is 0 Å². The average Bonchev–Trinajstić information content (AvgIpc) is 2.91. The molecular formula is C33H39N5O3. The van der Waals surface area contributed by atoms with Gasteiger partial charge in [0.1, 0.15) is 5.60 Å². The highest BCUT2D eigenvalue weighted by atomic mass is 16.6. The minimum atomic E-state index is -0.529. The topological polar surface area (TPSA) is 105 Å². The van der Waals surface area contributed by atoms with E-state index in [0.717, 1.165) is 45.1 Å². The van der Waals surface area contributed by atoms with E-state index < -0.39 is 11.7 Å². The molecule has 0 saturated heterocycles. The van der Waals surface area contributed by atoms with Crippen molar-refractivity contribution in [1.82, 2.24) is 20.6 Å². The Kier molecular flexibility index (Phi) is 9.22. The number of aryl methyl sites for hydroxylation is 1. The van der Waals surface area contributed by atoms with Crippen LogP contribution in [-0.2, 0) is 17.7 Å². The SMILES string of the molecule is CCNC(=O)c1ccc(C)c(-c2ccc3nc(N[C@@H](C)Cc4cccc(CNC(=O)OC(C)(C)C)c4)ncc3c2)c1. The van der Waals surface area contributed by atoms with E-state index in [9.17, 15) is 9.59 Å². The Hall–Kier alpha value is -4.46. The van der Waals surface area contributed by atoms with Crippen LogP contribution in [0.15, 0.2) is 66.9 Å². The van der Waals surface area contributed by atoms with Crippen molar-refractivity contribution in [1.29, 1.82) is 0 Å². The van der Waals surface area contributed by atoms with Crippen LogP contribution in [0.5, 0.6) is 0 Å². The molecular weight excluding hydrogens is 514 g/mol. The fraction of sp³-hybridized carbons (Fsp3) is 0.333. The number of carbonyl (C=O) groups is 2. The minimum absolute atomic E-state index is 0.0769. The number of nitrogens with one attached hydrogen (secondary N) is 3. The molecule has 3 aromatic carbocycles. The molecule has 0 radical (unpaired) electrons. The molecule has 4 rings (SSSR count). The van der Waals surface area contributed by atoms with Crippen molar-refractivity contribution >= 4 is 28.9 Å². The van der Waals surface area contributed by atoms with Crippen LogP contribution in [0, 0.1) is 6.92 Å². The van der Waals surface area contributed by atoms with E-state index in [1.807, 2.05) is 83.3 Å². The summed E-state index contributed by atoms with van der Waals surface area (Å²) in [7, 11) is 0. The molecule has 0 aliphatic carbocycles. The summed E-state index contributed by atoms with van der Waals surface area (Å²) in [4.78, 5) is 33.6. The fourth-order valence-electron chi connectivity index (χ4n) is 4.59. The maximum atomic E-state index is 12.3. The van der Waals surface area contributed by atoms with Crippen LogP contribution in [0.2, 0.25) is 0 Å². The van der Waals surface area contributed by atoms with Gasteiger partial charge in [0.25, 0.3) is 5.91 Å². The van der Waals surface area contributed by atoms with E-state index in [1.165, 1.54) is 0 Å². The zero-order chi connectivity index (χ0) is 29.6. The predicted molar refractivity (Wildman–Crippen MR) is 164 cm³/mol. The molecule has 4 aromatic rings. The van der Waals surface area contributed by atoms with Crippen LogP contribution in [-0.4, -0.2) is 40.2 Å². The number of anilines is 1. The van der Waals surface area contributed by atoms with Gasteiger partial charge >= 0.3 is 6.09 Å². The monoisotopic (exact) mass is 553 g/mol. The molecule has 0 aliphatic heterocycles. The van der Waals surface area contributed by atoms with Crippen molar-refractivity contribution in [3.63, 3.8) is 0 Å². The van der Waals surface area contributed by atoms with Crippen molar-refractivity contribution in [3.8, 4) is 11.1 Å². The Morgan fingerprint density at radius 1 is 0.976 bits per heavy atom. The summed E-state index contributed by atoms with van der Waals surface area (Å²) in [5.41, 5.74) is 6.21. The smallest absolute Gasteiger partial charge is 0.407 e. The zero-order valence-electron chi connectivity index (χ0n) is 24.7. The summed E-state index contributed by atoms with van der Waals surface area (Å²) in [5, 5.41) is 10.0. The first-order chi connectivity index (χ1) is 19.5. The number of alkyl carbamates (subject to hydrolysis) is 1. The highest BCUT2D eigenvalue weighted by molar-refractivity contribution is 5.96. The molecule has 8 heteroatoms. The molecule has 2 amide bonds. The van der Waals surface area contributed by atoms with Gasteiger partial charge in [-0.3, -0.25) is 4.79 Å². The van der Waals surface area contributed by atoms with Crippen molar-refractivity contribution in [2.24, 2.45) is 0 Å². The van der Waals surface area contributed by atoms with Gasteiger partial charge in [0.15, 0.2) is 0 Å². The maximum Gasteiger partial charge on any atom is 0.407 e. The molecule has 0 unspecified atom stereocenters. The van der Waals surface area contributed by atoms with Crippen LogP contribution in [0.1, 0.15) is 61.7 Å². The van der Waals surface area contributed by atoms with Gasteiger partial charge < -0.3 is 20.7 Å². The first-order valence-electron chi connectivity index (χ1n) is 14.0. The fourth-order valence-corrected chi connectivity index (χ4v) is 4.59. The molecule has 0 aliphatic rings. The van der Waals surface area contributed by atoms with Gasteiger partial charge in [-0.1, -0.05) is 36.4 Å². The Balaban J connectivity index is 1.41. The van der Waals surface area contributed by atoms with Gasteiger partial charge in [-0.05, 0) is 100 Å². The Morgan fingerprint density at radius 2 is 1.76 bits per heavy atom. The summed E-state index contributed by atoms with van der Waals surface area (Å²) in [5.74, 6) is 0.488. The third kappa shape index (κ3) is 8.27. The molecule has 0 bridgehead atoms. The third-order valence-corrected chi connectivity index (χ3v) is 6.47. The summed E-state index contributed by atoms with van der Waals surface area (Å²) in [6.07, 6.45) is 2.16. The Bertz CT molecular complexity index is 1540. The number of rotatable bonds is 9. The summed E-state index contributed by atoms with van der Waals surface area (Å²) < 4.78 is 5.32. The molecule has 1 heterocycles. The number of amides is 2. The number of ether oxygens (including phenoxy) is 1. The summed E-state index contributed by atoms with van der Waals surface area (Å²) >= 11 is 0. The zero-order valence-corrected chi connectivity index (χ0v) is 24.7. The highest BCUT2D eigenvalue weighted by Gasteiger charge is 2.16. The van der Waals surface area contributed by atoms with Crippen molar-refractivity contribution in [3.05, 3.63) is 89.1 Å². The molecule has 0 fully saturated rings. The lowest BCUT2D eigenvalue weighted by Gasteiger charge is -2.20. The lowest BCUT2D eigenvalue weighted by molar-refractivity contribution is 0.0523. The number of hydrogen-bond acceptors (Lipinski definition) is 6. The van der Waals surface area contributed by atoms with Crippen molar-refractivity contribution in [2.75, 3.05) is 11.9 Å². The second-order valence-electron chi connectivity index (χ2n) is 11.3. The number of benzene rings is 3. The first-order valence-corrected chi connectivity index (χ1v) is 14.0. The Labute approximate surface area is 241 Å². The quantitative estimate of drug-likeness (QED) is 0.221. The van der Waals surface area contributed by atoms with Crippen LogP contribution >= 0.6 is 0 Å². The van der Waals surface area contributed by atoms with E-state index in [-0.39, 0.29) is 11.9 Å². The lowest BCUT2D eigenvalue weighted by Crippen LogP contribution is -2.32. The minimum Gasteiger partial charge on any atom is -0.444 e. The lowest BCUT2D eigenvalue weighted by atomic mass is 9.97. The summed E-state index contributed by atoms with van der Waals surface area (Å²) in [6, 6.07) is 20.1. The van der Waals surface area contributed by atoms with Crippen LogP contribution in [0.4, 0.5) is 10.7 Å². The number of aromatic nitrogens is 2. The number of nitrogens with zero attached hydrogens (tertiary/aromatic N) is 2. The molecule has 1 atom stereocenters. The standard InChI is InChI=1S/C33H39N5O3/c1-7-34-30(39)26-12-11-21(2)28(18-26)25-13-14-29-27(17-25)20-35-31(38-29)37-22(3)15-23-9-8-10-24(16-23)19-36-32(40)41-33(4,5)6/h8-14,16-18,20,22H,7,15,19H2,1-6H3,(H,34,39)(H,36,40)(H,35,37,38)/t22-/m0/s1. The van der Waals surface area contributed by atoms with Gasteiger partial charge in [-0.25, -0.2) is 14.8 Å². The van der Waals surface area contributed by atoms with E-state index in [2.05, 4.69) is 46.1 Å². The largest absolute Gasteiger partial charge is 0.444 e. The van der Waals surface area contributed by atoms with E-state index in [4.69, 9.17) is 9.72 Å². The Morgan fingerprint density at radius 3 is 2.51 bits per heavy atom. The predicted octanol–water partition coefficient (Wildman–Crippen LogP) is 6.42. The second-order valence-corrected chi connectivity index (χ2v) is 11.3. The molecule has 41 heavy (non-hydrogen) atoms. The normalized spacial score (nSPS) is 12.0. The van der Waals surface area contributed by atoms with Crippen LogP contribution in [0.25, 0.3) is 22.0 Å². The summed E-state index contributed by atoms with van der Waals surface area (Å²) in [6.45, 7) is 12.6. The van der Waals surface area contributed by atoms with Gasteiger partial charge in [-0.15, -0.1) is 0 Å². The van der Waals surface area contributed by atoms with Gasteiger partial charge in [0.05, 0.1) is 5.52 Å². The number of fused-ring (bicyclic) bond motifs is 1. The third-order valence-electron chi connectivity index (χ3n) is 6.47. The first kappa shape index (κ1) is 29.5. The average molecular weight is 554 g/mol. The maximum absolute atomic E-state index is 12.3. The van der Waals surface area contributed by atoms with E-state index in [1.54, 1.807) is 0 Å². The van der Waals surface area contributed by atoms with Gasteiger partial charge in [0, 0.05) is 36.3 Å². The molecule has 0 saturated carbocycles. The highest BCUT2D eigenvalue weighted by Crippen LogP contribution is 2.28. The van der Waals surface area contributed by atoms with Crippen LogP contribution in [0.3, 0.4) is 0 Å². The second kappa shape index (κ2) is 12.8. The van der Waals surface area contributed by atoms with Crippen molar-refractivity contribution < 1.29 is 14.3 Å². The van der Waals surface area contributed by atoms with Gasteiger partial charge in [-0.2, -0.15) is 0 Å². The molecule has 8 nitrogen and oxygen atoms in total. The van der Waals surface area contributed by atoms with Gasteiger partial charge in [0.2, 0.25) is 5.95 Å². The number of hydrogen-bond donors (Lipinski definition) is 3.